The number of nitrogens with zero attached hydrogens (tertiary/aromatic N) is 2. The average molecular weight is 330 g/mol. The van der Waals surface area contributed by atoms with Gasteiger partial charge in [-0.15, -0.1) is 11.3 Å². The van der Waals surface area contributed by atoms with E-state index in [-0.39, 0.29) is 6.54 Å². The minimum atomic E-state index is -3.48. The van der Waals surface area contributed by atoms with E-state index >= 15 is 0 Å². The largest absolute Gasteiger partial charge is 0.340 e. The number of hydrogen-bond acceptors (Lipinski definition) is 7. The standard InChI is InChI=1S/C12H18N4O3S2/c1-2-4-13-7-10-6-11(8-20-10)21(17,18)16-5-3-12-14-9-15-19-12/h6,8-9,13,16H,2-5,7H2,1H3. The first kappa shape index (κ1) is 16.1. The number of aromatic nitrogens is 2. The van der Waals surface area contributed by atoms with Crippen molar-refractivity contribution in [3.05, 3.63) is 28.5 Å². The van der Waals surface area contributed by atoms with Crippen LogP contribution < -0.4 is 10.0 Å². The van der Waals surface area contributed by atoms with E-state index in [2.05, 4.69) is 27.1 Å². The van der Waals surface area contributed by atoms with E-state index in [4.69, 9.17) is 4.52 Å². The van der Waals surface area contributed by atoms with E-state index in [1.54, 1.807) is 11.4 Å². The first-order valence-electron chi connectivity index (χ1n) is 6.65. The highest BCUT2D eigenvalue weighted by molar-refractivity contribution is 7.89. The molecule has 2 aromatic heterocycles. The molecule has 0 aliphatic rings. The molecule has 2 heterocycles. The van der Waals surface area contributed by atoms with Crippen LogP contribution in [-0.2, 0) is 23.0 Å². The molecule has 2 rings (SSSR count). The van der Waals surface area contributed by atoms with Gasteiger partial charge in [-0.3, -0.25) is 0 Å². The molecule has 2 aromatic rings. The third kappa shape index (κ3) is 4.88. The summed E-state index contributed by atoms with van der Waals surface area (Å²) in [5.74, 6) is 0.410. The van der Waals surface area contributed by atoms with Crippen molar-refractivity contribution in [3.63, 3.8) is 0 Å². The van der Waals surface area contributed by atoms with Crippen molar-refractivity contribution in [3.8, 4) is 0 Å². The lowest BCUT2D eigenvalue weighted by Crippen LogP contribution is -2.25. The number of thiophene rings is 1. The maximum atomic E-state index is 12.1. The number of rotatable bonds is 9. The van der Waals surface area contributed by atoms with Crippen LogP contribution in [0, 0.1) is 0 Å². The van der Waals surface area contributed by atoms with Crippen LogP contribution in [0.3, 0.4) is 0 Å². The minimum absolute atomic E-state index is 0.226. The first-order valence-corrected chi connectivity index (χ1v) is 9.01. The van der Waals surface area contributed by atoms with Gasteiger partial charge >= 0.3 is 0 Å². The Bertz CT molecular complexity index is 637. The number of hydrogen-bond donors (Lipinski definition) is 2. The molecule has 2 N–H and O–H groups in total. The third-order valence-electron chi connectivity index (χ3n) is 2.70. The second-order valence-corrected chi connectivity index (χ2v) is 7.17. The summed E-state index contributed by atoms with van der Waals surface area (Å²) in [6.07, 6.45) is 2.71. The molecule has 0 unspecified atom stereocenters. The van der Waals surface area contributed by atoms with Crippen LogP contribution in [0.5, 0.6) is 0 Å². The summed E-state index contributed by atoms with van der Waals surface area (Å²) in [5, 5.41) is 8.36. The Balaban J connectivity index is 1.86. The van der Waals surface area contributed by atoms with Gasteiger partial charge in [0.05, 0.1) is 4.90 Å². The normalized spacial score (nSPS) is 11.9. The Morgan fingerprint density at radius 1 is 1.38 bits per heavy atom. The maximum absolute atomic E-state index is 12.1. The molecule has 0 amide bonds. The number of nitrogens with one attached hydrogen (secondary N) is 2. The summed E-state index contributed by atoms with van der Waals surface area (Å²) in [4.78, 5) is 5.13. The molecule has 0 aromatic carbocycles. The molecule has 0 spiro atoms. The molecule has 0 aliphatic heterocycles. The number of sulfonamides is 1. The van der Waals surface area contributed by atoms with Gasteiger partial charge < -0.3 is 9.84 Å². The highest BCUT2D eigenvalue weighted by Gasteiger charge is 2.16. The molecule has 0 bridgehead atoms. The van der Waals surface area contributed by atoms with Gasteiger partial charge in [0.15, 0.2) is 6.33 Å². The van der Waals surface area contributed by atoms with Crippen molar-refractivity contribution in [1.29, 1.82) is 0 Å². The Morgan fingerprint density at radius 2 is 2.24 bits per heavy atom. The summed E-state index contributed by atoms with van der Waals surface area (Å²) in [7, 11) is -3.48. The van der Waals surface area contributed by atoms with Crippen molar-refractivity contribution in [2.75, 3.05) is 13.1 Å². The summed E-state index contributed by atoms with van der Waals surface area (Å²) >= 11 is 1.44. The van der Waals surface area contributed by atoms with E-state index < -0.39 is 10.0 Å². The Morgan fingerprint density at radius 3 is 2.95 bits per heavy atom. The average Bonchev–Trinajstić information content (AvgIpc) is 3.10. The van der Waals surface area contributed by atoms with E-state index in [1.165, 1.54) is 17.7 Å². The van der Waals surface area contributed by atoms with Gasteiger partial charge in [0, 0.05) is 29.8 Å². The summed E-state index contributed by atoms with van der Waals surface area (Å²) in [6, 6.07) is 1.70. The molecular formula is C12H18N4O3S2. The summed E-state index contributed by atoms with van der Waals surface area (Å²) in [5.41, 5.74) is 0. The zero-order valence-electron chi connectivity index (χ0n) is 11.7. The van der Waals surface area contributed by atoms with Gasteiger partial charge in [0.2, 0.25) is 15.9 Å². The van der Waals surface area contributed by atoms with Crippen molar-refractivity contribution in [2.45, 2.75) is 31.2 Å². The van der Waals surface area contributed by atoms with E-state index in [9.17, 15) is 8.42 Å². The molecular weight excluding hydrogens is 312 g/mol. The van der Waals surface area contributed by atoms with Crippen LogP contribution in [0.2, 0.25) is 0 Å². The van der Waals surface area contributed by atoms with Gasteiger partial charge in [-0.1, -0.05) is 12.1 Å². The second-order valence-electron chi connectivity index (χ2n) is 4.41. The van der Waals surface area contributed by atoms with Gasteiger partial charge in [0.1, 0.15) is 0 Å². The quantitative estimate of drug-likeness (QED) is 0.670. The van der Waals surface area contributed by atoms with E-state index in [1.807, 2.05) is 0 Å². The molecule has 0 fully saturated rings. The van der Waals surface area contributed by atoms with E-state index in [0.29, 0.717) is 23.8 Å². The van der Waals surface area contributed by atoms with Gasteiger partial charge in [-0.05, 0) is 19.0 Å². The van der Waals surface area contributed by atoms with Gasteiger partial charge in [-0.25, -0.2) is 13.1 Å². The second kappa shape index (κ2) is 7.64. The molecule has 116 valence electrons. The van der Waals surface area contributed by atoms with Crippen LogP contribution in [0.15, 0.2) is 27.2 Å². The van der Waals surface area contributed by atoms with Gasteiger partial charge in [-0.2, -0.15) is 4.98 Å². The van der Waals surface area contributed by atoms with Crippen LogP contribution >= 0.6 is 11.3 Å². The topological polar surface area (TPSA) is 97.1 Å². The van der Waals surface area contributed by atoms with Crippen LogP contribution in [0.4, 0.5) is 0 Å². The van der Waals surface area contributed by atoms with Crippen molar-refractivity contribution in [1.82, 2.24) is 20.2 Å². The molecule has 0 saturated carbocycles. The third-order valence-corrected chi connectivity index (χ3v) is 5.23. The van der Waals surface area contributed by atoms with Crippen LogP contribution in [-0.4, -0.2) is 31.6 Å². The lowest BCUT2D eigenvalue weighted by atomic mass is 10.4. The van der Waals surface area contributed by atoms with Crippen LogP contribution in [0.1, 0.15) is 24.1 Å². The Kier molecular flexibility index (Phi) is 5.85. The van der Waals surface area contributed by atoms with Crippen molar-refractivity contribution < 1.29 is 12.9 Å². The first-order chi connectivity index (χ1) is 10.1. The minimum Gasteiger partial charge on any atom is -0.340 e. The predicted octanol–water partition coefficient (Wildman–Crippen LogP) is 1.15. The molecule has 9 heteroatoms. The highest BCUT2D eigenvalue weighted by atomic mass is 32.2. The Hall–Kier alpha value is -1.29. The lowest BCUT2D eigenvalue weighted by molar-refractivity contribution is 0.377. The monoisotopic (exact) mass is 330 g/mol. The SMILES string of the molecule is CCCNCc1cc(S(=O)(=O)NCCc2ncno2)cs1. The van der Waals surface area contributed by atoms with Crippen molar-refractivity contribution >= 4 is 21.4 Å². The maximum Gasteiger partial charge on any atom is 0.241 e. The molecule has 0 radical (unpaired) electrons. The predicted molar refractivity (Wildman–Crippen MR) is 79.5 cm³/mol. The smallest absolute Gasteiger partial charge is 0.241 e. The van der Waals surface area contributed by atoms with E-state index in [0.717, 1.165) is 17.8 Å². The zero-order chi connectivity index (χ0) is 15.1. The van der Waals surface area contributed by atoms with Crippen LogP contribution in [0.25, 0.3) is 0 Å². The Labute approximate surface area is 127 Å². The fourth-order valence-corrected chi connectivity index (χ4v) is 3.94. The molecule has 0 saturated heterocycles. The fourth-order valence-electron chi connectivity index (χ4n) is 1.66. The fraction of sp³-hybridized carbons (Fsp3) is 0.500. The molecule has 0 aliphatic carbocycles. The summed E-state index contributed by atoms with van der Waals surface area (Å²) < 4.78 is 31.6. The molecule has 0 atom stereocenters. The lowest BCUT2D eigenvalue weighted by Gasteiger charge is -2.03. The van der Waals surface area contributed by atoms with Crippen molar-refractivity contribution in [2.24, 2.45) is 0 Å². The molecule has 21 heavy (non-hydrogen) atoms. The highest BCUT2D eigenvalue weighted by Crippen LogP contribution is 2.19. The summed E-state index contributed by atoms with van der Waals surface area (Å²) in [6.45, 7) is 3.92. The zero-order valence-corrected chi connectivity index (χ0v) is 13.3. The molecule has 7 nitrogen and oxygen atoms in total. The van der Waals surface area contributed by atoms with Gasteiger partial charge in [0.25, 0.3) is 0 Å².